The van der Waals surface area contributed by atoms with Crippen molar-refractivity contribution in [1.82, 2.24) is 0 Å². The van der Waals surface area contributed by atoms with Gasteiger partial charge in [0.1, 0.15) is 5.75 Å². The van der Waals surface area contributed by atoms with E-state index in [0.717, 1.165) is 45.0 Å². The molecule has 0 aliphatic carbocycles. The first-order valence-electron chi connectivity index (χ1n) is 19.1. The van der Waals surface area contributed by atoms with E-state index in [1.54, 1.807) is 0 Å². The van der Waals surface area contributed by atoms with E-state index in [2.05, 4.69) is 97.0 Å². The Hall–Kier alpha value is -3.48. The van der Waals surface area contributed by atoms with Crippen LogP contribution < -0.4 is 4.74 Å². The number of rotatable bonds is 14. The predicted octanol–water partition coefficient (Wildman–Crippen LogP) is 12.6. The molecule has 0 N–H and O–H groups in total. The monoisotopic (exact) mass is 717 g/mol. The van der Waals surface area contributed by atoms with E-state index in [-0.39, 0.29) is 11.7 Å². The van der Waals surface area contributed by atoms with Gasteiger partial charge in [0.25, 0.3) is 0 Å². The molecule has 0 aliphatic rings. The van der Waals surface area contributed by atoms with Gasteiger partial charge in [-0.1, -0.05) is 116 Å². The topological polar surface area (TPSA) is 46.2 Å². The van der Waals surface area contributed by atoms with E-state index in [0.29, 0.717) is 18.3 Å². The molecule has 0 fully saturated rings. The van der Waals surface area contributed by atoms with Gasteiger partial charge in [0.2, 0.25) is 0 Å². The van der Waals surface area contributed by atoms with E-state index in [1.807, 2.05) is 107 Å². The van der Waals surface area contributed by atoms with Crippen LogP contribution in [0.15, 0.2) is 121 Å². The lowest BCUT2D eigenvalue weighted by Crippen LogP contribution is -2.18. The van der Waals surface area contributed by atoms with E-state index < -0.39 is 0 Å². The Morgan fingerprint density at radius 3 is 1.23 bits per heavy atom. The van der Waals surface area contributed by atoms with Gasteiger partial charge in [-0.3, -0.25) is 0 Å². The summed E-state index contributed by atoms with van der Waals surface area (Å²) >= 11 is 0. The third-order valence-electron chi connectivity index (χ3n) is 6.76. The fraction of sp³-hybridized carbons (Fsp3) is 0.489. The first-order valence-corrected chi connectivity index (χ1v) is 19.1. The van der Waals surface area contributed by atoms with Crippen LogP contribution in [0.3, 0.4) is 0 Å². The maximum absolute atomic E-state index is 5.58. The lowest BCUT2D eigenvalue weighted by atomic mass is 10.2. The van der Waals surface area contributed by atoms with Gasteiger partial charge in [0, 0.05) is 6.61 Å². The smallest absolute Gasteiger partial charge is 0.119 e. The van der Waals surface area contributed by atoms with Crippen molar-refractivity contribution < 1.29 is 23.7 Å². The van der Waals surface area contributed by atoms with E-state index >= 15 is 0 Å². The fourth-order valence-electron chi connectivity index (χ4n) is 4.03. The molecule has 0 saturated carbocycles. The molecule has 5 nitrogen and oxygen atoms in total. The van der Waals surface area contributed by atoms with E-state index in [9.17, 15) is 0 Å². The van der Waals surface area contributed by atoms with Crippen molar-refractivity contribution in [2.75, 3.05) is 13.2 Å². The molecule has 1 unspecified atom stereocenters. The molecule has 290 valence electrons. The highest BCUT2D eigenvalue weighted by Gasteiger charge is 2.06. The molecule has 0 saturated heterocycles. The van der Waals surface area contributed by atoms with Crippen LogP contribution in [-0.4, -0.2) is 43.2 Å². The molecule has 5 heteroatoms. The van der Waals surface area contributed by atoms with Gasteiger partial charge in [-0.2, -0.15) is 0 Å². The largest absolute Gasteiger partial charge is 0.491 e. The molecule has 4 aromatic rings. The zero-order valence-electron chi connectivity index (χ0n) is 34.6. The molecular weight excluding hydrogens is 645 g/mol. The molecule has 0 aromatic heterocycles. The Kier molecular flexibility index (Phi) is 29.0. The minimum atomic E-state index is 0.0503. The summed E-state index contributed by atoms with van der Waals surface area (Å²) in [6.07, 6.45) is 3.38. The first-order chi connectivity index (χ1) is 24.7. The second kappa shape index (κ2) is 31.1. The summed E-state index contributed by atoms with van der Waals surface area (Å²) in [5, 5.41) is 0. The maximum Gasteiger partial charge on any atom is 0.119 e. The van der Waals surface area contributed by atoms with Gasteiger partial charge >= 0.3 is 0 Å². The van der Waals surface area contributed by atoms with E-state index in [1.165, 1.54) is 16.7 Å². The van der Waals surface area contributed by atoms with Gasteiger partial charge in [0.05, 0.1) is 49.8 Å². The molecule has 52 heavy (non-hydrogen) atoms. The zero-order valence-corrected chi connectivity index (χ0v) is 34.6. The van der Waals surface area contributed by atoms with Gasteiger partial charge < -0.3 is 23.7 Å². The third kappa shape index (κ3) is 32.4. The van der Waals surface area contributed by atoms with Crippen molar-refractivity contribution in [3.05, 3.63) is 138 Å². The quantitative estimate of drug-likeness (QED) is 0.130. The highest BCUT2D eigenvalue weighted by atomic mass is 16.5. The number of para-hydroxylation sites is 1. The summed E-state index contributed by atoms with van der Waals surface area (Å²) in [6.45, 7) is 27.7. The van der Waals surface area contributed by atoms with Crippen LogP contribution >= 0.6 is 0 Å². The Balaban J connectivity index is 0.000000632. The number of ether oxygens (including phenoxy) is 5. The third-order valence-corrected chi connectivity index (χ3v) is 6.76. The van der Waals surface area contributed by atoms with Crippen molar-refractivity contribution in [1.29, 1.82) is 0 Å². The van der Waals surface area contributed by atoms with Crippen LogP contribution in [0.25, 0.3) is 0 Å². The second-order valence-corrected chi connectivity index (χ2v) is 14.0. The highest BCUT2D eigenvalue weighted by Crippen LogP contribution is 2.10. The number of hydrogen-bond donors (Lipinski definition) is 0. The van der Waals surface area contributed by atoms with Crippen LogP contribution in [0.5, 0.6) is 5.75 Å². The summed E-state index contributed by atoms with van der Waals surface area (Å²) in [5.74, 6) is 0.942. The SMILES string of the molecule is CC(C)OCCc1ccccc1.CC(C)OCc1ccccc1.CC(C)Oc1ccccc1.CCC(C)OCc1ccccc1.CCOC(C)(C)C. The summed E-state index contributed by atoms with van der Waals surface area (Å²) in [7, 11) is 0. The summed E-state index contributed by atoms with van der Waals surface area (Å²) < 4.78 is 27.1. The minimum Gasteiger partial charge on any atom is -0.491 e. The van der Waals surface area contributed by atoms with Crippen LogP contribution in [-0.2, 0) is 38.6 Å². The van der Waals surface area contributed by atoms with Crippen molar-refractivity contribution in [2.24, 2.45) is 0 Å². The Morgan fingerprint density at radius 2 is 0.885 bits per heavy atom. The number of hydrogen-bond acceptors (Lipinski definition) is 5. The molecule has 0 bridgehead atoms. The molecule has 0 aliphatic heterocycles. The normalized spacial score (nSPS) is 11.1. The van der Waals surface area contributed by atoms with Crippen LogP contribution in [0.4, 0.5) is 0 Å². The van der Waals surface area contributed by atoms with Gasteiger partial charge in [0.15, 0.2) is 0 Å². The predicted molar refractivity (Wildman–Crippen MR) is 222 cm³/mol. The first kappa shape index (κ1) is 48.5. The van der Waals surface area contributed by atoms with Gasteiger partial charge in [-0.05, 0) is 118 Å². The van der Waals surface area contributed by atoms with Gasteiger partial charge in [-0.15, -0.1) is 0 Å². The number of benzene rings is 4. The minimum absolute atomic E-state index is 0.0503. The molecular formula is C47H72O5. The molecule has 4 aromatic carbocycles. The summed E-state index contributed by atoms with van der Waals surface area (Å²) in [5.41, 5.74) is 3.88. The average molecular weight is 717 g/mol. The summed E-state index contributed by atoms with van der Waals surface area (Å²) in [6, 6.07) is 40.7. The van der Waals surface area contributed by atoms with E-state index in [4.69, 9.17) is 23.7 Å². The lowest BCUT2D eigenvalue weighted by molar-refractivity contribution is 0.00531. The average Bonchev–Trinajstić information content (AvgIpc) is 3.12. The van der Waals surface area contributed by atoms with Crippen molar-refractivity contribution in [3.8, 4) is 5.75 Å². The standard InChI is InChI=1S/2C11H16O.C10H14O.C9H12O.C6H14O/c1-10(2)12-9-8-11-6-4-3-5-7-11;1-3-10(2)12-9-11-7-5-4-6-8-11;1-9(2)11-8-10-6-4-3-5-7-10;1-8(2)10-9-6-4-3-5-7-9;1-5-7-6(2,3)4/h3-7,10H,8-9H2,1-2H3;4-8,10H,3,9H2,1-2H3;3-7,9H,8H2,1-2H3;3-8H,1-2H3;5H2,1-4H3. The molecule has 0 amide bonds. The van der Waals surface area contributed by atoms with Gasteiger partial charge in [-0.25, -0.2) is 0 Å². The Bertz CT molecular complexity index is 1290. The molecule has 4 rings (SSSR count). The molecule has 0 radical (unpaired) electrons. The Labute approximate surface area is 319 Å². The molecule has 1 atom stereocenters. The molecule has 0 spiro atoms. The zero-order chi connectivity index (χ0) is 39.0. The second-order valence-electron chi connectivity index (χ2n) is 14.0. The van der Waals surface area contributed by atoms with Crippen molar-refractivity contribution in [2.45, 2.75) is 139 Å². The van der Waals surface area contributed by atoms with Crippen LogP contribution in [0, 0.1) is 0 Å². The van der Waals surface area contributed by atoms with Crippen LogP contribution in [0.2, 0.25) is 0 Å². The van der Waals surface area contributed by atoms with Crippen molar-refractivity contribution in [3.63, 3.8) is 0 Å². The lowest BCUT2D eigenvalue weighted by Gasteiger charge is -2.17. The fourth-order valence-corrected chi connectivity index (χ4v) is 4.03. The Morgan fingerprint density at radius 1 is 0.481 bits per heavy atom. The summed E-state index contributed by atoms with van der Waals surface area (Å²) in [4.78, 5) is 0. The highest BCUT2D eigenvalue weighted by molar-refractivity contribution is 5.21. The maximum atomic E-state index is 5.58. The van der Waals surface area contributed by atoms with Crippen molar-refractivity contribution >= 4 is 0 Å². The molecule has 0 heterocycles. The van der Waals surface area contributed by atoms with Crippen LogP contribution in [0.1, 0.15) is 106 Å².